The van der Waals surface area contributed by atoms with E-state index in [-0.39, 0.29) is 11.4 Å². The molecule has 5 nitrogen and oxygen atoms in total. The Morgan fingerprint density at radius 2 is 1.79 bits per heavy atom. The zero-order valence-corrected chi connectivity index (χ0v) is 17.3. The van der Waals surface area contributed by atoms with Gasteiger partial charge in [0.2, 0.25) is 5.91 Å². The Balaban J connectivity index is 1.42. The molecular weight excluding hydrogens is 362 g/mol. The fourth-order valence-electron chi connectivity index (χ4n) is 4.48. The lowest BCUT2D eigenvalue weighted by molar-refractivity contribution is -0.130. The molecule has 0 aromatic heterocycles. The number of benzene rings is 2. The van der Waals surface area contributed by atoms with Gasteiger partial charge in [0.25, 0.3) is 0 Å². The Hall–Kier alpha value is -2.21. The van der Waals surface area contributed by atoms with Crippen LogP contribution in [0.4, 0.5) is 0 Å². The van der Waals surface area contributed by atoms with Crippen LogP contribution in [-0.4, -0.2) is 54.7 Å². The van der Waals surface area contributed by atoms with E-state index in [9.17, 15) is 4.79 Å². The molecule has 0 saturated carbocycles. The van der Waals surface area contributed by atoms with Crippen LogP contribution < -0.4 is 5.32 Å². The zero-order valence-electron chi connectivity index (χ0n) is 17.3. The minimum atomic E-state index is -0.0979. The summed E-state index contributed by atoms with van der Waals surface area (Å²) >= 11 is 0. The van der Waals surface area contributed by atoms with Crippen molar-refractivity contribution in [1.29, 1.82) is 0 Å². The van der Waals surface area contributed by atoms with Gasteiger partial charge in [0.15, 0.2) is 0 Å². The average Bonchev–Trinajstić information content (AvgIpc) is 3.39. The summed E-state index contributed by atoms with van der Waals surface area (Å²) in [6.07, 6.45) is 3.45. The first-order valence-electron chi connectivity index (χ1n) is 10.6. The molecule has 0 spiro atoms. The van der Waals surface area contributed by atoms with E-state index < -0.39 is 0 Å². The Morgan fingerprint density at radius 3 is 2.45 bits per heavy atom. The molecule has 2 aliphatic rings. The molecule has 0 radical (unpaired) electrons. The summed E-state index contributed by atoms with van der Waals surface area (Å²) in [4.78, 5) is 20.5. The van der Waals surface area contributed by atoms with Crippen molar-refractivity contribution >= 4 is 5.91 Å². The summed E-state index contributed by atoms with van der Waals surface area (Å²) in [6, 6.07) is 19.2. The number of likely N-dealkylation sites (N-methyl/N-ethyl adjacent to an activating group) is 1. The monoisotopic (exact) mass is 393 g/mol. The highest BCUT2D eigenvalue weighted by Crippen LogP contribution is 2.34. The second kappa shape index (κ2) is 9.08. The number of hydroxylamine groups is 2. The normalized spacial score (nSPS) is 18.1. The second-order valence-corrected chi connectivity index (χ2v) is 8.33. The van der Waals surface area contributed by atoms with Crippen LogP contribution in [0.5, 0.6) is 0 Å². The molecule has 5 heteroatoms. The molecule has 0 unspecified atom stereocenters. The predicted molar refractivity (Wildman–Crippen MR) is 114 cm³/mol. The summed E-state index contributed by atoms with van der Waals surface area (Å²) in [5.74, 6) is 0.101. The summed E-state index contributed by atoms with van der Waals surface area (Å²) in [5.41, 5.74) is 3.99. The maximum atomic E-state index is 12.5. The third-order valence-electron chi connectivity index (χ3n) is 6.26. The summed E-state index contributed by atoms with van der Waals surface area (Å²) in [6.45, 7) is 3.88. The molecule has 1 fully saturated rings. The maximum Gasteiger partial charge on any atom is 0.221 e. The van der Waals surface area contributed by atoms with Gasteiger partial charge < -0.3 is 5.32 Å². The molecule has 2 aromatic carbocycles. The number of carbonyl (C=O) groups excluding carboxylic acids is 1. The number of nitrogens with one attached hydrogen (secondary N) is 1. The minimum Gasteiger partial charge on any atom is -0.354 e. The molecule has 1 aliphatic carbocycles. The van der Waals surface area contributed by atoms with Gasteiger partial charge >= 0.3 is 0 Å². The summed E-state index contributed by atoms with van der Waals surface area (Å²) in [5, 5.41) is 5.13. The van der Waals surface area contributed by atoms with Crippen molar-refractivity contribution < 1.29 is 9.63 Å². The van der Waals surface area contributed by atoms with Gasteiger partial charge in [-0.3, -0.25) is 14.5 Å². The number of rotatable bonds is 8. The highest BCUT2D eigenvalue weighted by atomic mass is 16.7. The van der Waals surface area contributed by atoms with Crippen molar-refractivity contribution in [2.45, 2.75) is 37.8 Å². The van der Waals surface area contributed by atoms with Gasteiger partial charge in [-0.15, -0.1) is 0 Å². The number of fused-ring (bicyclic) bond motifs is 1. The highest BCUT2D eigenvalue weighted by molar-refractivity contribution is 5.76. The van der Waals surface area contributed by atoms with Crippen molar-refractivity contribution in [3.63, 3.8) is 0 Å². The molecule has 154 valence electrons. The van der Waals surface area contributed by atoms with Gasteiger partial charge in [0.1, 0.15) is 0 Å². The molecule has 1 N–H and O–H groups in total. The first-order chi connectivity index (χ1) is 14.1. The van der Waals surface area contributed by atoms with Crippen molar-refractivity contribution in [3.8, 4) is 0 Å². The standard InChI is InChI=1S/C24H31N3O2/c1-26(18-20-8-3-2-4-9-20)24(16-21-10-5-6-11-22(21)17-24)19-25-23(28)12-14-27-13-7-15-29-27/h2-6,8-11H,7,12-19H2,1H3,(H,25,28). The van der Waals surface area contributed by atoms with Crippen LogP contribution in [0.25, 0.3) is 0 Å². The van der Waals surface area contributed by atoms with Crippen molar-refractivity contribution in [3.05, 3.63) is 71.3 Å². The Labute approximate surface area is 173 Å². The SMILES string of the molecule is CN(Cc1ccccc1)C1(CNC(=O)CCN2CCCO2)Cc2ccccc2C1. The van der Waals surface area contributed by atoms with Gasteiger partial charge in [0, 0.05) is 38.1 Å². The van der Waals surface area contributed by atoms with Crippen LogP contribution in [0.3, 0.4) is 0 Å². The zero-order chi connectivity index (χ0) is 20.1. The maximum absolute atomic E-state index is 12.5. The van der Waals surface area contributed by atoms with Crippen LogP contribution in [0, 0.1) is 0 Å². The van der Waals surface area contributed by atoms with E-state index in [4.69, 9.17) is 4.84 Å². The number of amides is 1. The van der Waals surface area contributed by atoms with E-state index in [0.29, 0.717) is 19.5 Å². The molecule has 1 aliphatic heterocycles. The van der Waals surface area contributed by atoms with Crippen LogP contribution >= 0.6 is 0 Å². The Kier molecular flexibility index (Phi) is 6.28. The van der Waals surface area contributed by atoms with Crippen molar-refractivity contribution in [2.75, 3.05) is 33.3 Å². The largest absolute Gasteiger partial charge is 0.354 e. The molecule has 0 bridgehead atoms. The third kappa shape index (κ3) is 4.86. The fourth-order valence-corrected chi connectivity index (χ4v) is 4.48. The van der Waals surface area contributed by atoms with E-state index in [2.05, 4.69) is 71.9 Å². The molecule has 4 rings (SSSR count). The number of carbonyl (C=O) groups is 1. The smallest absolute Gasteiger partial charge is 0.221 e. The van der Waals surface area contributed by atoms with Gasteiger partial charge in [-0.2, -0.15) is 5.06 Å². The lowest BCUT2D eigenvalue weighted by Gasteiger charge is -2.39. The van der Waals surface area contributed by atoms with Gasteiger partial charge in [-0.25, -0.2) is 0 Å². The fraction of sp³-hybridized carbons (Fsp3) is 0.458. The van der Waals surface area contributed by atoms with Gasteiger partial charge in [0.05, 0.1) is 6.61 Å². The van der Waals surface area contributed by atoms with Gasteiger partial charge in [-0.05, 0) is 43.0 Å². The molecule has 1 heterocycles. The molecule has 1 amide bonds. The van der Waals surface area contributed by atoms with Crippen LogP contribution in [0.2, 0.25) is 0 Å². The minimum absolute atomic E-state index is 0.0979. The highest BCUT2D eigenvalue weighted by Gasteiger charge is 2.40. The summed E-state index contributed by atoms with van der Waals surface area (Å²) in [7, 11) is 2.18. The molecular formula is C24H31N3O2. The Bertz CT molecular complexity index is 793. The quantitative estimate of drug-likeness (QED) is 0.749. The van der Waals surface area contributed by atoms with Crippen LogP contribution in [-0.2, 0) is 29.0 Å². The molecule has 29 heavy (non-hydrogen) atoms. The molecule has 2 aromatic rings. The third-order valence-corrected chi connectivity index (χ3v) is 6.26. The topological polar surface area (TPSA) is 44.8 Å². The molecule has 0 atom stereocenters. The molecule has 1 saturated heterocycles. The second-order valence-electron chi connectivity index (χ2n) is 8.33. The first-order valence-corrected chi connectivity index (χ1v) is 10.6. The van der Waals surface area contributed by atoms with Crippen LogP contribution in [0.1, 0.15) is 29.5 Å². The number of hydrogen-bond donors (Lipinski definition) is 1. The summed E-state index contributed by atoms with van der Waals surface area (Å²) < 4.78 is 0. The number of nitrogens with zero attached hydrogens (tertiary/aromatic N) is 2. The predicted octanol–water partition coefficient (Wildman–Crippen LogP) is 2.80. The first kappa shape index (κ1) is 20.1. The van der Waals surface area contributed by atoms with Crippen molar-refractivity contribution in [2.24, 2.45) is 0 Å². The van der Waals surface area contributed by atoms with E-state index in [1.165, 1.54) is 16.7 Å². The van der Waals surface area contributed by atoms with E-state index in [1.54, 1.807) is 0 Å². The van der Waals surface area contributed by atoms with Gasteiger partial charge in [-0.1, -0.05) is 54.6 Å². The van der Waals surface area contributed by atoms with Crippen LogP contribution in [0.15, 0.2) is 54.6 Å². The van der Waals surface area contributed by atoms with E-state index in [1.807, 2.05) is 5.06 Å². The van der Waals surface area contributed by atoms with E-state index >= 15 is 0 Å². The lowest BCUT2D eigenvalue weighted by atomic mass is 9.92. The van der Waals surface area contributed by atoms with Crippen molar-refractivity contribution in [1.82, 2.24) is 15.3 Å². The van der Waals surface area contributed by atoms with E-state index in [0.717, 1.165) is 39.0 Å². The number of hydrogen-bond acceptors (Lipinski definition) is 4. The lowest BCUT2D eigenvalue weighted by Crippen LogP contribution is -2.55. The average molecular weight is 394 g/mol. The Morgan fingerprint density at radius 1 is 1.10 bits per heavy atom.